The Morgan fingerprint density at radius 2 is 0.548 bits per heavy atom. The minimum Gasteiger partial charge on any atom is -0.393 e. The summed E-state index contributed by atoms with van der Waals surface area (Å²) in [5.74, 6) is -0.796. The number of allylic oxidation sites excluding steroid dienone is 8. The van der Waals surface area contributed by atoms with Gasteiger partial charge < -0.3 is 4.74 Å². The average molecular weight is 437 g/mol. The fourth-order valence-corrected chi connectivity index (χ4v) is 0.433. The highest BCUT2D eigenvalue weighted by atomic mass is 16.6. The summed E-state index contributed by atoms with van der Waals surface area (Å²) >= 11 is 0. The molecule has 0 unspecified atom stereocenters. The molecule has 0 bridgehead atoms. The van der Waals surface area contributed by atoms with Crippen molar-refractivity contribution in [1.82, 2.24) is 0 Å². The van der Waals surface area contributed by atoms with Gasteiger partial charge in [0.2, 0.25) is 0 Å². The number of hydrogen-bond acceptors (Lipinski definition) is 3. The Labute approximate surface area is 196 Å². The third-order valence-electron chi connectivity index (χ3n) is 0.761. The number of cyclic esters (lactones) is 2. The lowest BCUT2D eigenvalue weighted by Crippen LogP contribution is -1.94. The van der Waals surface area contributed by atoms with Crippen LogP contribution in [0.1, 0.15) is 68.2 Å². The molecule has 3 nitrogen and oxygen atoms in total. The Morgan fingerprint density at radius 3 is 0.581 bits per heavy atom. The summed E-state index contributed by atoms with van der Waals surface area (Å²) in [6, 6.07) is 0. The summed E-state index contributed by atoms with van der Waals surface area (Å²) < 4.78 is 4.08. The van der Waals surface area contributed by atoms with Crippen LogP contribution in [-0.2, 0) is 14.3 Å². The van der Waals surface area contributed by atoms with Crippen LogP contribution in [0.15, 0.2) is 101 Å². The molecule has 1 heterocycles. The Morgan fingerprint density at radius 1 is 0.452 bits per heavy atom. The maximum absolute atomic E-state index is 10.0. The second kappa shape index (κ2) is 93.0. The molecule has 0 aromatic carbocycles. The molecule has 1 aliphatic heterocycles. The van der Waals surface area contributed by atoms with Crippen molar-refractivity contribution < 1.29 is 14.3 Å². The van der Waals surface area contributed by atoms with Crippen molar-refractivity contribution in [2.24, 2.45) is 0 Å². The third kappa shape index (κ3) is 463. The van der Waals surface area contributed by atoms with Crippen molar-refractivity contribution in [1.29, 1.82) is 0 Å². The van der Waals surface area contributed by atoms with Crippen molar-refractivity contribution in [3.05, 3.63) is 101 Å². The molecule has 0 amide bonds. The van der Waals surface area contributed by atoms with Crippen LogP contribution in [0.2, 0.25) is 0 Å². The van der Waals surface area contributed by atoms with Gasteiger partial charge in [-0.3, -0.25) is 9.59 Å². The lowest BCUT2D eigenvalue weighted by atomic mass is 10.4. The zero-order chi connectivity index (χ0) is 26.9. The molecule has 1 fully saturated rings. The quantitative estimate of drug-likeness (QED) is 0.216. The van der Waals surface area contributed by atoms with E-state index < -0.39 is 11.9 Å². The largest absolute Gasteiger partial charge is 0.393 e. The number of esters is 2. The van der Waals surface area contributed by atoms with Crippen LogP contribution in [0.4, 0.5) is 0 Å². The van der Waals surface area contributed by atoms with E-state index in [2.05, 4.69) is 57.4 Å². The maximum Gasteiger partial charge on any atom is 0.314 e. The number of carbonyl (C=O) groups excluding carboxylic acids is 2. The highest BCUT2D eigenvalue weighted by molar-refractivity contribution is 5.92. The number of hydrogen-bond donors (Lipinski definition) is 0. The van der Waals surface area contributed by atoms with E-state index in [1.165, 1.54) is 0 Å². The molecule has 0 aromatic heterocycles. The van der Waals surface area contributed by atoms with Gasteiger partial charge >= 0.3 is 11.9 Å². The van der Waals surface area contributed by atoms with Crippen LogP contribution in [0.3, 0.4) is 0 Å². The Kier molecular flexibility index (Phi) is 153. The van der Waals surface area contributed by atoms with E-state index in [0.717, 1.165) is 0 Å². The molecule has 0 atom stereocenters. The van der Waals surface area contributed by atoms with E-state index in [0.29, 0.717) is 0 Å². The van der Waals surface area contributed by atoms with E-state index in [9.17, 15) is 9.59 Å². The molecule has 1 rings (SSSR count). The number of rotatable bonds is 0. The molecule has 0 aromatic rings. The lowest BCUT2D eigenvalue weighted by molar-refractivity contribution is -0.151. The van der Waals surface area contributed by atoms with Gasteiger partial charge in [0.1, 0.15) is 0 Å². The first-order valence-electron chi connectivity index (χ1n) is 9.91. The molecule has 0 saturated carbocycles. The molecular formula is C28H52O3. The zero-order valence-corrected chi connectivity index (χ0v) is 21.9. The van der Waals surface area contributed by atoms with Gasteiger partial charge in [0.25, 0.3) is 0 Å². The topological polar surface area (TPSA) is 43.4 Å². The fraction of sp³-hybridized carbons (Fsp3) is 0.357. The van der Waals surface area contributed by atoms with Gasteiger partial charge in [0.05, 0.1) is 12.8 Å². The minimum atomic E-state index is -0.398. The van der Waals surface area contributed by atoms with Crippen LogP contribution in [0, 0.1) is 0 Å². The molecule has 0 N–H and O–H groups in total. The highest BCUT2D eigenvalue weighted by Crippen LogP contribution is 2.03. The van der Waals surface area contributed by atoms with Gasteiger partial charge in [-0.2, -0.15) is 0 Å². The average Bonchev–Trinajstić information content (AvgIpc) is 3.03. The molecule has 3 heteroatoms. The number of ether oxygens (including phenoxy) is 1. The predicted octanol–water partition coefficient (Wildman–Crippen LogP) is 9.39. The van der Waals surface area contributed by atoms with Crippen molar-refractivity contribution in [2.75, 3.05) is 0 Å². The molecule has 31 heavy (non-hydrogen) atoms. The lowest BCUT2D eigenvalue weighted by Gasteiger charge is -1.79. The summed E-state index contributed by atoms with van der Waals surface area (Å²) in [6.45, 7) is 42.0. The van der Waals surface area contributed by atoms with E-state index in [1.807, 2.05) is 55.4 Å². The molecular weight excluding hydrogens is 384 g/mol. The van der Waals surface area contributed by atoms with E-state index >= 15 is 0 Å². The Bertz CT molecular complexity index is 316. The van der Waals surface area contributed by atoms with Crippen molar-refractivity contribution in [2.45, 2.75) is 68.2 Å². The summed E-state index contributed by atoms with van der Waals surface area (Å²) in [5.41, 5.74) is 0. The smallest absolute Gasteiger partial charge is 0.314 e. The van der Waals surface area contributed by atoms with E-state index in [1.54, 1.807) is 48.6 Å². The monoisotopic (exact) mass is 436 g/mol. The fourth-order valence-electron chi connectivity index (χ4n) is 0.433. The number of carbonyl (C=O) groups is 2. The standard InChI is InChI=1S/C4H4O3.8C3H6/c5-3-1-2-4(6)7-3;8*1-3-2/h1-2H2;8*3H,1H2,2H3. The van der Waals surface area contributed by atoms with Crippen LogP contribution in [-0.4, -0.2) is 11.9 Å². The summed E-state index contributed by atoms with van der Waals surface area (Å²) in [4.78, 5) is 20.0. The molecule has 1 saturated heterocycles. The van der Waals surface area contributed by atoms with Crippen LogP contribution >= 0.6 is 0 Å². The van der Waals surface area contributed by atoms with Gasteiger partial charge in [-0.05, 0) is 55.4 Å². The van der Waals surface area contributed by atoms with Crippen molar-refractivity contribution >= 4 is 11.9 Å². The van der Waals surface area contributed by atoms with Crippen molar-refractivity contribution in [3.8, 4) is 0 Å². The second-order valence-corrected chi connectivity index (χ2v) is 4.61. The van der Waals surface area contributed by atoms with Gasteiger partial charge in [0.15, 0.2) is 0 Å². The third-order valence-corrected chi connectivity index (χ3v) is 0.761. The van der Waals surface area contributed by atoms with Gasteiger partial charge in [-0.25, -0.2) is 0 Å². The van der Waals surface area contributed by atoms with E-state index in [-0.39, 0.29) is 12.8 Å². The molecule has 0 spiro atoms. The first-order valence-corrected chi connectivity index (χ1v) is 9.91. The summed E-state index contributed by atoms with van der Waals surface area (Å²) in [6.07, 6.45) is 14.5. The highest BCUT2D eigenvalue weighted by Gasteiger charge is 2.19. The SMILES string of the molecule is C=CC.C=CC.C=CC.C=CC.C=CC.C=CC.C=CC.C=CC.O=C1CCC(=O)O1. The van der Waals surface area contributed by atoms with Gasteiger partial charge in [-0.1, -0.05) is 48.6 Å². The second-order valence-electron chi connectivity index (χ2n) is 4.61. The zero-order valence-electron chi connectivity index (χ0n) is 21.9. The molecule has 0 radical (unpaired) electrons. The van der Waals surface area contributed by atoms with Gasteiger partial charge in [-0.15, -0.1) is 52.6 Å². The van der Waals surface area contributed by atoms with Gasteiger partial charge in [0, 0.05) is 0 Å². The predicted molar refractivity (Wildman–Crippen MR) is 147 cm³/mol. The Balaban J connectivity index is -0.0000000331. The van der Waals surface area contributed by atoms with Crippen LogP contribution in [0.25, 0.3) is 0 Å². The molecule has 1 aliphatic rings. The van der Waals surface area contributed by atoms with Crippen LogP contribution in [0.5, 0.6) is 0 Å². The first-order chi connectivity index (χ1) is 14.6. The minimum absolute atomic E-state index is 0.263. The summed E-state index contributed by atoms with van der Waals surface area (Å²) in [7, 11) is 0. The van der Waals surface area contributed by atoms with Crippen LogP contribution < -0.4 is 0 Å². The van der Waals surface area contributed by atoms with Crippen molar-refractivity contribution in [3.63, 3.8) is 0 Å². The van der Waals surface area contributed by atoms with E-state index in [4.69, 9.17) is 0 Å². The molecule has 182 valence electrons. The molecule has 0 aliphatic carbocycles. The normalized spacial score (nSPS) is 7.87. The maximum atomic E-state index is 10.0. The first kappa shape index (κ1) is 51.1. The summed E-state index contributed by atoms with van der Waals surface area (Å²) in [5, 5.41) is 0. The Hall–Kier alpha value is -2.94.